The molecule has 0 spiro atoms. The van der Waals surface area contributed by atoms with E-state index in [9.17, 15) is 18.0 Å². The van der Waals surface area contributed by atoms with Crippen LogP contribution in [0.4, 0.5) is 18.0 Å². The molecule has 5 rings (SSSR count). The zero-order valence-corrected chi connectivity index (χ0v) is 22.2. The van der Waals surface area contributed by atoms with Crippen molar-refractivity contribution >= 4 is 6.03 Å². The van der Waals surface area contributed by atoms with Gasteiger partial charge in [-0.25, -0.2) is 9.78 Å². The normalized spacial score (nSPS) is 17.8. The first-order valence-electron chi connectivity index (χ1n) is 13.8. The van der Waals surface area contributed by atoms with Crippen LogP contribution in [0.2, 0.25) is 0 Å². The van der Waals surface area contributed by atoms with E-state index in [0.29, 0.717) is 24.0 Å². The number of urea groups is 1. The predicted molar refractivity (Wildman–Crippen MR) is 146 cm³/mol. The Morgan fingerprint density at radius 2 is 1.77 bits per heavy atom. The smallest absolute Gasteiger partial charge is 0.342 e. The molecule has 1 saturated carbocycles. The quantitative estimate of drug-likeness (QED) is 0.292. The highest BCUT2D eigenvalue weighted by Crippen LogP contribution is 2.31. The van der Waals surface area contributed by atoms with E-state index in [-0.39, 0.29) is 12.1 Å². The van der Waals surface area contributed by atoms with Crippen molar-refractivity contribution in [2.45, 2.75) is 83.1 Å². The van der Waals surface area contributed by atoms with Gasteiger partial charge in [-0.05, 0) is 76.0 Å². The van der Waals surface area contributed by atoms with Crippen LogP contribution in [0.1, 0.15) is 67.5 Å². The molecule has 3 aromatic rings. The average molecular weight is 537 g/mol. The van der Waals surface area contributed by atoms with Gasteiger partial charge in [-0.3, -0.25) is 0 Å². The van der Waals surface area contributed by atoms with Crippen molar-refractivity contribution in [3.63, 3.8) is 0 Å². The lowest BCUT2D eigenvalue weighted by Crippen LogP contribution is -2.46. The molecule has 0 radical (unpaired) electrons. The van der Waals surface area contributed by atoms with Gasteiger partial charge in [-0.1, -0.05) is 54.1 Å². The fourth-order valence-corrected chi connectivity index (χ4v) is 5.22. The van der Waals surface area contributed by atoms with Crippen LogP contribution in [0.3, 0.4) is 0 Å². The molecule has 1 unspecified atom stereocenters. The number of carbonyl (C=O) groups is 1. The van der Waals surface area contributed by atoms with E-state index in [4.69, 9.17) is 4.98 Å². The molecule has 206 valence electrons. The average Bonchev–Trinajstić information content (AvgIpc) is 3.70. The maximum atomic E-state index is 13.2. The maximum Gasteiger partial charge on any atom is 0.416 e. The summed E-state index contributed by atoms with van der Waals surface area (Å²) in [6.45, 7) is 2.56. The fourth-order valence-electron chi connectivity index (χ4n) is 5.22. The summed E-state index contributed by atoms with van der Waals surface area (Å²) in [5.41, 5.74) is 4.35. The highest BCUT2D eigenvalue weighted by Gasteiger charge is 2.31. The molecule has 2 aliphatic rings. The van der Waals surface area contributed by atoms with Crippen molar-refractivity contribution in [3.05, 3.63) is 88.8 Å². The Labute approximate surface area is 227 Å². The van der Waals surface area contributed by atoms with Crippen molar-refractivity contribution in [2.24, 2.45) is 0 Å². The summed E-state index contributed by atoms with van der Waals surface area (Å²) >= 11 is 0. The molecule has 0 aliphatic heterocycles. The van der Waals surface area contributed by atoms with Gasteiger partial charge in [0.25, 0.3) is 0 Å². The number of nitrogens with one attached hydrogen (secondary N) is 2. The minimum atomic E-state index is -4.35. The standard InChI is InChI=1S/C31H35F3N4O/c1-21-28(37-29(35-21)24-12-14-25(15-13-24)31(32,33)34)19-11-22-8-5-9-27(18-10-22)38(30(39)36-26-16-17-26)20-23-6-3-2-4-7-23/h2-4,6-8,12-15,26-27H,5,9-11,16-20H2,1H3,(H,35,37)(H,36,39). The highest BCUT2D eigenvalue weighted by atomic mass is 19.4. The van der Waals surface area contributed by atoms with Crippen molar-refractivity contribution in [1.82, 2.24) is 20.2 Å². The number of H-pyrrole nitrogens is 1. The minimum Gasteiger partial charge on any atom is -0.342 e. The predicted octanol–water partition coefficient (Wildman–Crippen LogP) is 7.58. The van der Waals surface area contributed by atoms with E-state index in [1.165, 1.54) is 17.7 Å². The molecule has 2 amide bonds. The van der Waals surface area contributed by atoms with Crippen molar-refractivity contribution in [1.29, 1.82) is 0 Å². The Kier molecular flexibility index (Phi) is 8.10. The van der Waals surface area contributed by atoms with Crippen LogP contribution < -0.4 is 5.32 Å². The van der Waals surface area contributed by atoms with Crippen LogP contribution in [-0.4, -0.2) is 33.0 Å². The first-order valence-corrected chi connectivity index (χ1v) is 13.8. The molecule has 2 N–H and O–H groups in total. The Balaban J connectivity index is 1.19. The van der Waals surface area contributed by atoms with Gasteiger partial charge in [-0.2, -0.15) is 13.2 Å². The molecule has 2 aromatic carbocycles. The number of alkyl halides is 3. The van der Waals surface area contributed by atoms with Crippen LogP contribution in [-0.2, 0) is 19.1 Å². The summed E-state index contributed by atoms with van der Waals surface area (Å²) in [7, 11) is 0. The number of aromatic amines is 1. The number of amides is 2. The number of rotatable bonds is 8. The Morgan fingerprint density at radius 1 is 1.03 bits per heavy atom. The van der Waals surface area contributed by atoms with Gasteiger partial charge in [0.15, 0.2) is 0 Å². The second-order valence-electron chi connectivity index (χ2n) is 10.7. The van der Waals surface area contributed by atoms with E-state index >= 15 is 0 Å². The number of benzene rings is 2. The number of allylic oxidation sites excluding steroid dienone is 2. The second-order valence-corrected chi connectivity index (χ2v) is 10.7. The number of imidazole rings is 1. The lowest BCUT2D eigenvalue weighted by atomic mass is 10.0. The lowest BCUT2D eigenvalue weighted by molar-refractivity contribution is -0.137. The summed E-state index contributed by atoms with van der Waals surface area (Å²) in [4.78, 5) is 23.1. The Bertz CT molecular complexity index is 1290. The van der Waals surface area contributed by atoms with Crippen LogP contribution >= 0.6 is 0 Å². The SMILES string of the molecule is Cc1[nH]c(-c2ccc(C(F)(F)F)cc2)nc1CCC1=CCCC(N(Cc2ccccc2)C(=O)NC2CC2)CC1. The minimum absolute atomic E-state index is 0.0396. The molecule has 39 heavy (non-hydrogen) atoms. The molecule has 5 nitrogen and oxygen atoms in total. The second kappa shape index (κ2) is 11.7. The van der Waals surface area contributed by atoms with Gasteiger partial charge in [0.2, 0.25) is 0 Å². The van der Waals surface area contributed by atoms with E-state index in [1.807, 2.05) is 30.0 Å². The van der Waals surface area contributed by atoms with Crippen LogP contribution in [0, 0.1) is 6.92 Å². The van der Waals surface area contributed by atoms with Gasteiger partial charge in [-0.15, -0.1) is 0 Å². The van der Waals surface area contributed by atoms with Gasteiger partial charge in [0.05, 0.1) is 11.3 Å². The molecule has 0 bridgehead atoms. The van der Waals surface area contributed by atoms with Gasteiger partial charge < -0.3 is 15.2 Å². The topological polar surface area (TPSA) is 61.0 Å². The first-order chi connectivity index (χ1) is 18.8. The lowest BCUT2D eigenvalue weighted by Gasteiger charge is -2.31. The first kappa shape index (κ1) is 27.0. The fraction of sp³-hybridized carbons (Fsp3) is 0.419. The molecule has 8 heteroatoms. The van der Waals surface area contributed by atoms with E-state index < -0.39 is 11.7 Å². The number of aromatic nitrogens is 2. The summed E-state index contributed by atoms with van der Waals surface area (Å²) in [6, 6.07) is 15.8. The molecule has 2 aliphatic carbocycles. The number of aryl methyl sites for hydroxylation is 2. The van der Waals surface area contributed by atoms with E-state index in [1.54, 1.807) is 0 Å². The third-order valence-corrected chi connectivity index (χ3v) is 7.69. The Hall–Kier alpha value is -3.55. The maximum absolute atomic E-state index is 13.2. The zero-order valence-electron chi connectivity index (χ0n) is 22.2. The van der Waals surface area contributed by atoms with Gasteiger partial charge in [0, 0.05) is 29.9 Å². The molecule has 1 aromatic heterocycles. The third kappa shape index (κ3) is 7.11. The summed E-state index contributed by atoms with van der Waals surface area (Å²) < 4.78 is 38.7. The summed E-state index contributed by atoms with van der Waals surface area (Å²) in [5.74, 6) is 0.587. The Morgan fingerprint density at radius 3 is 2.46 bits per heavy atom. The molecule has 1 heterocycles. The van der Waals surface area contributed by atoms with Crippen LogP contribution in [0.25, 0.3) is 11.4 Å². The van der Waals surface area contributed by atoms with Gasteiger partial charge in [0.1, 0.15) is 5.82 Å². The van der Waals surface area contributed by atoms with Crippen LogP contribution in [0.5, 0.6) is 0 Å². The van der Waals surface area contributed by atoms with Crippen molar-refractivity contribution in [2.75, 3.05) is 0 Å². The van der Waals surface area contributed by atoms with E-state index in [2.05, 4.69) is 28.5 Å². The molecule has 1 fully saturated rings. The molecular weight excluding hydrogens is 501 g/mol. The van der Waals surface area contributed by atoms with Gasteiger partial charge >= 0.3 is 12.2 Å². The number of halogens is 3. The number of hydrogen-bond acceptors (Lipinski definition) is 2. The molecule has 1 atom stereocenters. The number of nitrogens with zero attached hydrogens (tertiary/aromatic N) is 2. The van der Waals surface area contributed by atoms with Crippen molar-refractivity contribution < 1.29 is 18.0 Å². The number of carbonyl (C=O) groups excluding carboxylic acids is 1. The third-order valence-electron chi connectivity index (χ3n) is 7.69. The summed E-state index contributed by atoms with van der Waals surface area (Å²) in [5, 5.41) is 3.18. The van der Waals surface area contributed by atoms with Crippen molar-refractivity contribution in [3.8, 4) is 11.4 Å². The summed E-state index contributed by atoms with van der Waals surface area (Å²) in [6.07, 6.45) is 5.45. The molecular formula is C31H35F3N4O. The zero-order chi connectivity index (χ0) is 27.4. The van der Waals surface area contributed by atoms with E-state index in [0.717, 1.165) is 80.5 Å². The largest absolute Gasteiger partial charge is 0.416 e. The van der Waals surface area contributed by atoms with Crippen LogP contribution in [0.15, 0.2) is 66.2 Å². The highest BCUT2D eigenvalue weighted by molar-refractivity contribution is 5.75. The monoisotopic (exact) mass is 536 g/mol. The number of hydrogen-bond donors (Lipinski definition) is 2. The molecule has 0 saturated heterocycles.